The number of amides is 4. The van der Waals surface area contributed by atoms with Crippen molar-refractivity contribution < 1.29 is 28.7 Å². The minimum atomic E-state index is -0.851. The average Bonchev–Trinajstić information content (AvgIpc) is 3.18. The van der Waals surface area contributed by atoms with Gasteiger partial charge >= 0.3 is 12.0 Å². The van der Waals surface area contributed by atoms with Crippen molar-refractivity contribution in [1.82, 2.24) is 25.6 Å². The summed E-state index contributed by atoms with van der Waals surface area (Å²) in [5, 5.41) is 11.4. The van der Waals surface area contributed by atoms with Crippen LogP contribution in [0.5, 0.6) is 5.75 Å². The number of urea groups is 1. The number of esters is 1. The summed E-state index contributed by atoms with van der Waals surface area (Å²) < 4.78 is 10.1. The number of nitrogens with one attached hydrogen (secondary N) is 2. The zero-order valence-electron chi connectivity index (χ0n) is 28.0. The highest BCUT2D eigenvalue weighted by atomic mass is 16.6. The monoisotopic (exact) mass is 665 g/mol. The van der Waals surface area contributed by atoms with Crippen LogP contribution in [0, 0.1) is 0 Å². The highest BCUT2D eigenvalue weighted by molar-refractivity contribution is 5.90. The highest BCUT2D eigenvalue weighted by Crippen LogP contribution is 2.22. The summed E-state index contributed by atoms with van der Waals surface area (Å²) in [5.41, 5.74) is 2.76. The van der Waals surface area contributed by atoms with Crippen molar-refractivity contribution in [3.63, 3.8) is 0 Å². The number of fused-ring (bicyclic) bond motifs is 1. The van der Waals surface area contributed by atoms with Crippen LogP contribution in [0.25, 0.3) is 10.8 Å². The fraction of sp³-hybridized carbons (Fsp3) is 0.316. The molecule has 49 heavy (non-hydrogen) atoms. The van der Waals surface area contributed by atoms with Crippen molar-refractivity contribution >= 4 is 34.6 Å². The minimum absolute atomic E-state index is 0.0923. The molecule has 4 amide bonds. The normalized spacial score (nSPS) is 15.5. The lowest BCUT2D eigenvalue weighted by atomic mass is 10.0. The maximum absolute atomic E-state index is 14.3. The average molecular weight is 666 g/mol. The number of carbonyl (C=O) groups excluding carboxylic acids is 4. The lowest BCUT2D eigenvalue weighted by molar-refractivity contribution is -0.143. The Labute approximate surface area is 286 Å². The first-order valence-corrected chi connectivity index (χ1v) is 16.5. The Morgan fingerprint density at radius 3 is 2.39 bits per heavy atom. The van der Waals surface area contributed by atoms with Gasteiger partial charge in [0, 0.05) is 39.1 Å². The van der Waals surface area contributed by atoms with Crippen LogP contribution in [0.4, 0.5) is 4.79 Å². The third kappa shape index (κ3) is 9.57. The van der Waals surface area contributed by atoms with Gasteiger partial charge in [-0.25, -0.2) is 14.6 Å². The second-order valence-electron chi connectivity index (χ2n) is 11.9. The fourth-order valence-electron chi connectivity index (χ4n) is 5.86. The maximum atomic E-state index is 14.3. The number of hydrogen-bond acceptors (Lipinski definition) is 7. The number of hydrogen-bond donors (Lipinski definition) is 2. The molecule has 0 spiro atoms. The molecule has 4 aromatic rings. The lowest BCUT2D eigenvalue weighted by Crippen LogP contribution is -2.55. The van der Waals surface area contributed by atoms with E-state index in [1.807, 2.05) is 79.7 Å². The third-order valence-corrected chi connectivity index (χ3v) is 8.39. The van der Waals surface area contributed by atoms with E-state index in [9.17, 15) is 19.2 Å². The molecule has 0 aliphatic carbocycles. The molecule has 0 unspecified atom stereocenters. The van der Waals surface area contributed by atoms with Crippen LogP contribution in [-0.4, -0.2) is 84.7 Å². The second-order valence-corrected chi connectivity index (χ2v) is 11.9. The van der Waals surface area contributed by atoms with E-state index >= 15 is 0 Å². The van der Waals surface area contributed by atoms with E-state index in [2.05, 4.69) is 15.4 Å². The van der Waals surface area contributed by atoms with Crippen molar-refractivity contribution in [3.8, 4) is 5.75 Å². The summed E-state index contributed by atoms with van der Waals surface area (Å²) >= 11 is 0. The lowest BCUT2D eigenvalue weighted by Gasteiger charge is -2.35. The quantitative estimate of drug-likeness (QED) is 0.217. The van der Waals surface area contributed by atoms with Crippen molar-refractivity contribution in [2.75, 3.05) is 39.9 Å². The number of benzene rings is 4. The predicted octanol–water partition coefficient (Wildman–Crippen LogP) is 4.30. The largest absolute Gasteiger partial charge is 0.482 e. The van der Waals surface area contributed by atoms with Gasteiger partial charge in [0.25, 0.3) is 0 Å². The fourth-order valence-corrected chi connectivity index (χ4v) is 5.86. The molecule has 4 aromatic carbocycles. The number of ether oxygens (including phenoxy) is 2. The Morgan fingerprint density at radius 2 is 1.63 bits per heavy atom. The molecule has 11 heteroatoms. The van der Waals surface area contributed by atoms with Gasteiger partial charge in [-0.1, -0.05) is 91.9 Å². The maximum Gasteiger partial charge on any atom is 0.343 e. The molecule has 1 atom stereocenters. The second kappa shape index (κ2) is 17.1. The Hall–Kier alpha value is -5.42. The van der Waals surface area contributed by atoms with Crippen LogP contribution in [0.3, 0.4) is 0 Å². The highest BCUT2D eigenvalue weighted by Gasteiger charge is 2.32. The van der Waals surface area contributed by atoms with Crippen molar-refractivity contribution in [1.29, 1.82) is 0 Å². The number of methoxy groups -OCH3 is 1. The molecule has 0 bridgehead atoms. The molecular formula is C38H43N5O6. The number of rotatable bonds is 12. The molecule has 1 heterocycles. The third-order valence-electron chi connectivity index (χ3n) is 8.39. The summed E-state index contributed by atoms with van der Waals surface area (Å²) in [4.78, 5) is 54.7. The summed E-state index contributed by atoms with van der Waals surface area (Å²) in [6.45, 7) is 3.32. The molecule has 2 N–H and O–H groups in total. The summed E-state index contributed by atoms with van der Waals surface area (Å²) in [6.07, 6.45) is 0.918. The molecule has 5 rings (SSSR count). The van der Waals surface area contributed by atoms with Crippen LogP contribution in [0.2, 0.25) is 0 Å². The first-order valence-electron chi connectivity index (χ1n) is 16.5. The zero-order chi connectivity index (χ0) is 34.6. The number of nitrogens with zero attached hydrogens (tertiary/aromatic N) is 3. The first kappa shape index (κ1) is 34.9. The van der Waals surface area contributed by atoms with Gasteiger partial charge in [-0.15, -0.1) is 0 Å². The van der Waals surface area contributed by atoms with Crippen LogP contribution in [-0.2, 0) is 38.6 Å². The Bertz CT molecular complexity index is 1730. The van der Waals surface area contributed by atoms with Crippen LogP contribution in [0.15, 0.2) is 97.1 Å². The van der Waals surface area contributed by atoms with E-state index in [1.54, 1.807) is 39.2 Å². The summed E-state index contributed by atoms with van der Waals surface area (Å²) in [5.74, 6) is -0.590. The van der Waals surface area contributed by atoms with E-state index in [-0.39, 0.29) is 44.0 Å². The Balaban J connectivity index is 1.39. The number of hydrazine groups is 1. The zero-order valence-corrected chi connectivity index (χ0v) is 28.0. The van der Waals surface area contributed by atoms with Gasteiger partial charge in [-0.3, -0.25) is 14.6 Å². The van der Waals surface area contributed by atoms with E-state index in [0.717, 1.165) is 27.5 Å². The van der Waals surface area contributed by atoms with Gasteiger partial charge in [-0.2, -0.15) is 0 Å². The van der Waals surface area contributed by atoms with Gasteiger partial charge in [0.1, 0.15) is 11.8 Å². The van der Waals surface area contributed by atoms with Crippen molar-refractivity contribution in [3.05, 3.63) is 114 Å². The van der Waals surface area contributed by atoms with Gasteiger partial charge in [0.15, 0.2) is 6.61 Å². The molecule has 0 aromatic heterocycles. The molecule has 11 nitrogen and oxygen atoms in total. The molecule has 0 saturated carbocycles. The predicted molar refractivity (Wildman–Crippen MR) is 186 cm³/mol. The molecule has 1 aliphatic heterocycles. The van der Waals surface area contributed by atoms with E-state index in [1.165, 1.54) is 7.11 Å². The molecule has 0 radical (unpaired) electrons. The van der Waals surface area contributed by atoms with Crippen LogP contribution < -0.4 is 15.4 Å². The topological polar surface area (TPSA) is 121 Å². The molecule has 1 fully saturated rings. The SMILES string of the molecule is CCCN(C(=O)NCc1ccccc1)N1CCN(Cc2cccc3ccccc23)C(=O)[C@H](Cc2ccc(OCC(=O)OC)cc2)NC(=O)C1. The van der Waals surface area contributed by atoms with E-state index < -0.39 is 12.0 Å². The van der Waals surface area contributed by atoms with Gasteiger partial charge < -0.3 is 25.0 Å². The number of carbonyl (C=O) groups is 4. The standard InChI is InChI=1S/C38H43N5O6/c1-3-20-43(38(47)39-24-29-10-5-4-6-11-29)42-22-21-41(25-31-14-9-13-30-12-7-8-15-33(30)31)37(46)34(40-35(44)26-42)23-28-16-18-32(19-17-28)49-27-36(45)48-2/h4-19,34H,3,20-27H2,1-2H3,(H,39,47)(H,40,44)/t34-/m0/s1. The summed E-state index contributed by atoms with van der Waals surface area (Å²) in [6, 6.07) is 29.6. The van der Waals surface area contributed by atoms with Crippen molar-refractivity contribution in [2.24, 2.45) is 0 Å². The van der Waals surface area contributed by atoms with Crippen molar-refractivity contribution in [2.45, 2.75) is 38.9 Å². The molecule has 1 aliphatic rings. The van der Waals surface area contributed by atoms with Gasteiger partial charge in [0.05, 0.1) is 13.7 Å². The van der Waals surface area contributed by atoms with Gasteiger partial charge in [-0.05, 0) is 46.0 Å². The summed E-state index contributed by atoms with van der Waals surface area (Å²) in [7, 11) is 1.29. The van der Waals surface area contributed by atoms with E-state index in [4.69, 9.17) is 4.74 Å². The Morgan fingerprint density at radius 1 is 0.898 bits per heavy atom. The van der Waals surface area contributed by atoms with Crippen LogP contribution >= 0.6 is 0 Å². The van der Waals surface area contributed by atoms with Crippen LogP contribution in [0.1, 0.15) is 30.0 Å². The Kier molecular flexibility index (Phi) is 12.2. The minimum Gasteiger partial charge on any atom is -0.482 e. The van der Waals surface area contributed by atoms with E-state index in [0.29, 0.717) is 38.3 Å². The molecule has 1 saturated heterocycles. The molecular weight excluding hydrogens is 622 g/mol. The smallest absolute Gasteiger partial charge is 0.343 e. The first-order chi connectivity index (χ1) is 23.8. The van der Waals surface area contributed by atoms with Gasteiger partial charge in [0.2, 0.25) is 11.8 Å². The molecule has 256 valence electrons.